The van der Waals surface area contributed by atoms with Crippen molar-refractivity contribution in [1.82, 2.24) is 4.90 Å². The molecule has 0 aliphatic carbocycles. The average Bonchev–Trinajstić information content (AvgIpc) is 2.74. The van der Waals surface area contributed by atoms with Gasteiger partial charge >= 0.3 is 0 Å². The Morgan fingerprint density at radius 1 is 1.41 bits per heavy atom. The predicted molar refractivity (Wildman–Crippen MR) is 70.4 cm³/mol. The van der Waals surface area contributed by atoms with Crippen molar-refractivity contribution in [2.45, 2.75) is 31.9 Å². The van der Waals surface area contributed by atoms with Crippen molar-refractivity contribution in [3.63, 3.8) is 0 Å². The van der Waals surface area contributed by atoms with Gasteiger partial charge in [0.1, 0.15) is 0 Å². The summed E-state index contributed by atoms with van der Waals surface area (Å²) in [6, 6.07) is 0.329. The average molecular weight is 261 g/mol. The Labute approximate surface area is 108 Å². The van der Waals surface area contributed by atoms with Gasteiger partial charge in [-0.15, -0.1) is 0 Å². The third-order valence-corrected chi connectivity index (χ3v) is 4.32. The van der Waals surface area contributed by atoms with E-state index in [1.807, 2.05) is 16.7 Å². The number of carbonyl (C=O) groups excluding carboxylic acids is 1. The number of ether oxygens (including phenoxy) is 2. The van der Waals surface area contributed by atoms with Crippen molar-refractivity contribution < 1.29 is 14.3 Å². The zero-order valence-electron chi connectivity index (χ0n) is 11.0. The molecule has 0 saturated carbocycles. The van der Waals surface area contributed by atoms with Gasteiger partial charge in [0, 0.05) is 44.7 Å². The van der Waals surface area contributed by atoms with Crippen LogP contribution in [0.15, 0.2) is 0 Å². The highest BCUT2D eigenvalue weighted by molar-refractivity contribution is 7.99. The number of methoxy groups -OCH3 is 2. The standard InChI is InChI=1S/C12H23NO3S/c1-10(13-6-4-5-12(13)14)8-17-9-11(16-3)7-15-2/h10-11H,4-9H2,1-3H3. The van der Waals surface area contributed by atoms with Crippen LogP contribution in [0.2, 0.25) is 0 Å². The second kappa shape index (κ2) is 7.95. The van der Waals surface area contributed by atoms with Gasteiger partial charge in [-0.25, -0.2) is 0 Å². The van der Waals surface area contributed by atoms with Crippen LogP contribution in [0, 0.1) is 0 Å². The molecule has 1 aliphatic heterocycles. The summed E-state index contributed by atoms with van der Waals surface area (Å²) < 4.78 is 10.4. The molecule has 0 bridgehead atoms. The van der Waals surface area contributed by atoms with Crippen LogP contribution < -0.4 is 0 Å². The minimum Gasteiger partial charge on any atom is -0.382 e. The van der Waals surface area contributed by atoms with Crippen LogP contribution in [-0.2, 0) is 14.3 Å². The van der Waals surface area contributed by atoms with E-state index in [2.05, 4.69) is 6.92 Å². The highest BCUT2D eigenvalue weighted by atomic mass is 32.2. The minimum absolute atomic E-state index is 0.145. The quantitative estimate of drug-likeness (QED) is 0.662. The van der Waals surface area contributed by atoms with E-state index >= 15 is 0 Å². The molecular formula is C12H23NO3S. The number of amides is 1. The minimum atomic E-state index is 0.145. The number of hydrogen-bond acceptors (Lipinski definition) is 4. The maximum absolute atomic E-state index is 11.5. The number of carbonyl (C=O) groups is 1. The lowest BCUT2D eigenvalue weighted by Gasteiger charge is -2.24. The third kappa shape index (κ3) is 4.85. The molecule has 17 heavy (non-hydrogen) atoms. The Hall–Kier alpha value is -0.260. The number of hydrogen-bond donors (Lipinski definition) is 0. The van der Waals surface area contributed by atoms with E-state index in [1.165, 1.54) is 0 Å². The Kier molecular flexibility index (Phi) is 6.92. The van der Waals surface area contributed by atoms with Gasteiger partial charge in [0.2, 0.25) is 5.91 Å². The smallest absolute Gasteiger partial charge is 0.222 e. The molecule has 0 aromatic rings. The fraction of sp³-hybridized carbons (Fsp3) is 0.917. The first-order chi connectivity index (χ1) is 8.19. The highest BCUT2D eigenvalue weighted by Crippen LogP contribution is 2.17. The van der Waals surface area contributed by atoms with Crippen LogP contribution in [0.4, 0.5) is 0 Å². The molecule has 0 radical (unpaired) electrons. The Balaban J connectivity index is 2.18. The molecule has 100 valence electrons. The van der Waals surface area contributed by atoms with E-state index in [0.717, 1.165) is 30.9 Å². The molecule has 0 aromatic heterocycles. The first-order valence-corrected chi connectivity index (χ1v) is 7.23. The van der Waals surface area contributed by atoms with Gasteiger partial charge in [0.15, 0.2) is 0 Å². The molecule has 5 heteroatoms. The molecule has 2 atom stereocenters. The van der Waals surface area contributed by atoms with E-state index < -0.39 is 0 Å². The van der Waals surface area contributed by atoms with Crippen molar-refractivity contribution in [1.29, 1.82) is 0 Å². The summed E-state index contributed by atoms with van der Waals surface area (Å²) in [5.41, 5.74) is 0. The number of rotatable bonds is 8. The maximum Gasteiger partial charge on any atom is 0.222 e. The summed E-state index contributed by atoms with van der Waals surface area (Å²) in [5.74, 6) is 2.18. The molecule has 4 nitrogen and oxygen atoms in total. The summed E-state index contributed by atoms with van der Waals surface area (Å²) in [4.78, 5) is 13.5. The van der Waals surface area contributed by atoms with Crippen LogP contribution >= 0.6 is 11.8 Å². The van der Waals surface area contributed by atoms with Gasteiger partial charge in [0.05, 0.1) is 12.7 Å². The summed E-state index contributed by atoms with van der Waals surface area (Å²) in [5, 5.41) is 0. The fourth-order valence-corrected chi connectivity index (χ4v) is 3.12. The van der Waals surface area contributed by atoms with Gasteiger partial charge in [-0.2, -0.15) is 11.8 Å². The molecule has 1 saturated heterocycles. The van der Waals surface area contributed by atoms with Gasteiger partial charge in [-0.1, -0.05) is 0 Å². The second-order valence-electron chi connectivity index (χ2n) is 4.39. The molecule has 1 fully saturated rings. The lowest BCUT2D eigenvalue weighted by Crippen LogP contribution is -2.36. The largest absolute Gasteiger partial charge is 0.382 e. The van der Waals surface area contributed by atoms with E-state index in [4.69, 9.17) is 9.47 Å². The lowest BCUT2D eigenvalue weighted by atomic mass is 10.3. The second-order valence-corrected chi connectivity index (χ2v) is 5.47. The molecule has 1 heterocycles. The summed E-state index contributed by atoms with van der Waals surface area (Å²) in [6.07, 6.45) is 1.88. The van der Waals surface area contributed by atoms with Gasteiger partial charge < -0.3 is 14.4 Å². The van der Waals surface area contributed by atoms with E-state index in [1.54, 1.807) is 14.2 Å². The molecule has 1 amide bonds. The van der Waals surface area contributed by atoms with Crippen molar-refractivity contribution in [3.8, 4) is 0 Å². The van der Waals surface area contributed by atoms with Crippen LogP contribution in [0.5, 0.6) is 0 Å². The van der Waals surface area contributed by atoms with Crippen LogP contribution in [-0.4, -0.2) is 61.8 Å². The SMILES string of the molecule is COCC(CSCC(C)N1CCCC1=O)OC. The monoisotopic (exact) mass is 261 g/mol. The Bertz CT molecular complexity index is 238. The van der Waals surface area contributed by atoms with Crippen molar-refractivity contribution in [3.05, 3.63) is 0 Å². The van der Waals surface area contributed by atoms with Crippen molar-refractivity contribution in [2.75, 3.05) is 38.9 Å². The zero-order chi connectivity index (χ0) is 12.7. The van der Waals surface area contributed by atoms with Crippen LogP contribution in [0.3, 0.4) is 0 Å². The zero-order valence-corrected chi connectivity index (χ0v) is 11.8. The maximum atomic E-state index is 11.5. The highest BCUT2D eigenvalue weighted by Gasteiger charge is 2.24. The fourth-order valence-electron chi connectivity index (χ4n) is 1.97. The lowest BCUT2D eigenvalue weighted by molar-refractivity contribution is -0.128. The first-order valence-electron chi connectivity index (χ1n) is 6.08. The molecule has 0 N–H and O–H groups in total. The molecule has 1 rings (SSSR count). The first kappa shape index (κ1) is 14.8. The summed E-state index contributed by atoms with van der Waals surface area (Å²) in [7, 11) is 3.39. The normalized spacial score (nSPS) is 19.7. The van der Waals surface area contributed by atoms with E-state index in [-0.39, 0.29) is 6.10 Å². The summed E-state index contributed by atoms with van der Waals surface area (Å²) in [6.45, 7) is 3.67. The van der Waals surface area contributed by atoms with Crippen molar-refractivity contribution >= 4 is 17.7 Å². The van der Waals surface area contributed by atoms with Gasteiger partial charge in [-0.3, -0.25) is 4.79 Å². The van der Waals surface area contributed by atoms with E-state index in [9.17, 15) is 4.79 Å². The molecular weight excluding hydrogens is 238 g/mol. The summed E-state index contributed by atoms with van der Waals surface area (Å²) >= 11 is 1.82. The molecule has 1 aliphatic rings. The number of thioether (sulfide) groups is 1. The molecule has 2 unspecified atom stereocenters. The van der Waals surface area contributed by atoms with Crippen LogP contribution in [0.1, 0.15) is 19.8 Å². The van der Waals surface area contributed by atoms with Gasteiger partial charge in [0.25, 0.3) is 0 Å². The number of nitrogens with zero attached hydrogens (tertiary/aromatic N) is 1. The number of likely N-dealkylation sites (tertiary alicyclic amines) is 1. The van der Waals surface area contributed by atoms with E-state index in [0.29, 0.717) is 18.6 Å². The topological polar surface area (TPSA) is 38.8 Å². The van der Waals surface area contributed by atoms with Crippen LogP contribution in [0.25, 0.3) is 0 Å². The Morgan fingerprint density at radius 3 is 2.71 bits per heavy atom. The molecule has 0 aromatic carbocycles. The third-order valence-electron chi connectivity index (χ3n) is 2.99. The van der Waals surface area contributed by atoms with Crippen molar-refractivity contribution in [2.24, 2.45) is 0 Å². The molecule has 0 spiro atoms. The van der Waals surface area contributed by atoms with Gasteiger partial charge in [-0.05, 0) is 13.3 Å². The predicted octanol–water partition coefficient (Wildman–Crippen LogP) is 1.39. The Morgan fingerprint density at radius 2 is 2.18 bits per heavy atom.